The number of aldehydes is 1. The zero-order chi connectivity index (χ0) is 7.56. The van der Waals surface area contributed by atoms with E-state index in [4.69, 9.17) is 5.11 Å². The summed E-state index contributed by atoms with van der Waals surface area (Å²) in [6.07, 6.45) is 0.402. The summed E-state index contributed by atoms with van der Waals surface area (Å²) in [5, 5.41) is 8.50. The van der Waals surface area contributed by atoms with Gasteiger partial charge in [-0.15, -0.1) is 0 Å². The first kappa shape index (κ1) is 7.21. The third-order valence-corrected chi connectivity index (χ3v) is 1.47. The summed E-state index contributed by atoms with van der Waals surface area (Å²) in [7, 11) is 0. The summed E-state index contributed by atoms with van der Waals surface area (Å²) in [5.74, 6) is -1.17. The number of hydrogen-bond donors (Lipinski definition) is 1. The second-order valence-electron chi connectivity index (χ2n) is 2.22. The summed E-state index contributed by atoms with van der Waals surface area (Å²) >= 11 is 0. The molecule has 4 heteroatoms. The Balaban J connectivity index is 2.52. The minimum atomic E-state index is -0.655. The number of cyclic esters (lactones) is 1. The Bertz CT molecular complexity index is 154. The lowest BCUT2D eigenvalue weighted by Gasteiger charge is -2.00. The van der Waals surface area contributed by atoms with Crippen LogP contribution >= 0.6 is 0 Å². The van der Waals surface area contributed by atoms with Crippen LogP contribution in [0.3, 0.4) is 0 Å². The summed E-state index contributed by atoms with van der Waals surface area (Å²) in [4.78, 5) is 20.7. The van der Waals surface area contributed by atoms with E-state index >= 15 is 0 Å². The molecule has 0 aromatic heterocycles. The number of ether oxygens (including phenoxy) is 1. The minimum absolute atomic E-state index is 0.198. The van der Waals surface area contributed by atoms with Gasteiger partial charge in [-0.2, -0.15) is 0 Å². The first-order chi connectivity index (χ1) is 4.77. The van der Waals surface area contributed by atoms with Gasteiger partial charge in [0, 0.05) is 6.42 Å². The van der Waals surface area contributed by atoms with Gasteiger partial charge >= 0.3 is 5.97 Å². The molecule has 0 saturated carbocycles. The zero-order valence-electron chi connectivity index (χ0n) is 5.32. The molecule has 0 amide bonds. The van der Waals surface area contributed by atoms with Gasteiger partial charge in [0.1, 0.15) is 18.3 Å². The Kier molecular flexibility index (Phi) is 2.01. The molecular formula is C6H8O4. The zero-order valence-corrected chi connectivity index (χ0v) is 5.32. The standard InChI is InChI=1S/C6H8O4/c7-2-4-1-5(3-8)10-6(4)9/h2,4-5,8H,1,3H2/t4-,5-/m0/s1. The average molecular weight is 144 g/mol. The molecular weight excluding hydrogens is 136 g/mol. The molecule has 1 rings (SSSR count). The van der Waals surface area contributed by atoms with E-state index in [2.05, 4.69) is 4.74 Å². The number of carbonyl (C=O) groups is 2. The largest absolute Gasteiger partial charge is 0.459 e. The van der Waals surface area contributed by atoms with Crippen LogP contribution in [0.25, 0.3) is 0 Å². The van der Waals surface area contributed by atoms with Crippen LogP contribution in [0.2, 0.25) is 0 Å². The monoisotopic (exact) mass is 144 g/mol. The highest BCUT2D eigenvalue weighted by molar-refractivity contribution is 5.89. The predicted octanol–water partition coefficient (Wildman–Crippen LogP) is -0.891. The maximum absolute atomic E-state index is 10.6. The van der Waals surface area contributed by atoms with Crippen molar-refractivity contribution in [3.8, 4) is 0 Å². The molecule has 1 fully saturated rings. The van der Waals surface area contributed by atoms with Crippen LogP contribution in [0, 0.1) is 5.92 Å². The maximum Gasteiger partial charge on any atom is 0.316 e. The lowest BCUT2D eigenvalue weighted by Crippen LogP contribution is -2.10. The van der Waals surface area contributed by atoms with Crippen molar-refractivity contribution in [2.24, 2.45) is 5.92 Å². The highest BCUT2D eigenvalue weighted by atomic mass is 16.6. The van der Waals surface area contributed by atoms with E-state index in [9.17, 15) is 9.59 Å². The number of aliphatic hydroxyl groups is 1. The van der Waals surface area contributed by atoms with E-state index < -0.39 is 18.0 Å². The highest BCUT2D eigenvalue weighted by Gasteiger charge is 2.33. The van der Waals surface area contributed by atoms with Gasteiger partial charge in [-0.3, -0.25) is 4.79 Å². The number of rotatable bonds is 2. The average Bonchev–Trinajstić information content (AvgIpc) is 2.30. The third kappa shape index (κ3) is 1.16. The first-order valence-corrected chi connectivity index (χ1v) is 3.04. The summed E-state index contributed by atoms with van der Waals surface area (Å²) in [6, 6.07) is 0. The van der Waals surface area contributed by atoms with Crippen molar-refractivity contribution in [2.75, 3.05) is 6.61 Å². The molecule has 10 heavy (non-hydrogen) atoms. The molecule has 1 N–H and O–H groups in total. The summed E-state index contributed by atoms with van der Waals surface area (Å²) in [5.41, 5.74) is 0. The maximum atomic E-state index is 10.6. The van der Waals surface area contributed by atoms with Crippen LogP contribution in [0.15, 0.2) is 0 Å². The Morgan fingerprint density at radius 3 is 2.80 bits per heavy atom. The smallest absolute Gasteiger partial charge is 0.316 e. The van der Waals surface area contributed by atoms with Crippen LogP contribution in [0.1, 0.15) is 6.42 Å². The van der Waals surface area contributed by atoms with E-state index in [-0.39, 0.29) is 6.61 Å². The number of aliphatic hydroxyl groups excluding tert-OH is 1. The van der Waals surface area contributed by atoms with Gasteiger partial charge in [0.25, 0.3) is 0 Å². The molecule has 2 atom stereocenters. The van der Waals surface area contributed by atoms with Gasteiger partial charge < -0.3 is 14.6 Å². The lowest BCUT2D eigenvalue weighted by molar-refractivity contribution is -0.146. The first-order valence-electron chi connectivity index (χ1n) is 3.04. The Labute approximate surface area is 57.8 Å². The van der Waals surface area contributed by atoms with Crippen molar-refractivity contribution < 1.29 is 19.4 Å². The Morgan fingerprint density at radius 1 is 1.80 bits per heavy atom. The topological polar surface area (TPSA) is 63.6 Å². The molecule has 1 saturated heterocycles. The van der Waals surface area contributed by atoms with Crippen molar-refractivity contribution in [3.05, 3.63) is 0 Å². The van der Waals surface area contributed by atoms with Gasteiger partial charge in [-0.1, -0.05) is 0 Å². The molecule has 0 bridgehead atoms. The van der Waals surface area contributed by atoms with E-state index in [1.807, 2.05) is 0 Å². The van der Waals surface area contributed by atoms with Crippen molar-refractivity contribution in [1.82, 2.24) is 0 Å². The van der Waals surface area contributed by atoms with Crippen LogP contribution in [0.4, 0.5) is 0 Å². The van der Waals surface area contributed by atoms with Gasteiger partial charge in [-0.05, 0) is 0 Å². The second-order valence-corrected chi connectivity index (χ2v) is 2.22. The molecule has 0 unspecified atom stereocenters. The molecule has 0 radical (unpaired) electrons. The molecule has 0 aromatic rings. The Hall–Kier alpha value is -0.900. The molecule has 1 aliphatic heterocycles. The third-order valence-electron chi connectivity index (χ3n) is 1.47. The van der Waals surface area contributed by atoms with Crippen LogP contribution in [-0.2, 0) is 14.3 Å². The van der Waals surface area contributed by atoms with Crippen molar-refractivity contribution in [2.45, 2.75) is 12.5 Å². The molecule has 0 spiro atoms. The molecule has 0 aliphatic carbocycles. The highest BCUT2D eigenvalue weighted by Crippen LogP contribution is 2.18. The fourth-order valence-electron chi connectivity index (χ4n) is 0.902. The van der Waals surface area contributed by atoms with E-state index in [1.54, 1.807) is 0 Å². The number of esters is 1. The fraction of sp³-hybridized carbons (Fsp3) is 0.667. The second kappa shape index (κ2) is 2.79. The van der Waals surface area contributed by atoms with Crippen LogP contribution < -0.4 is 0 Å². The quantitative estimate of drug-likeness (QED) is 0.310. The minimum Gasteiger partial charge on any atom is -0.459 e. The van der Waals surface area contributed by atoms with Crippen molar-refractivity contribution in [3.63, 3.8) is 0 Å². The van der Waals surface area contributed by atoms with Gasteiger partial charge in [0.2, 0.25) is 0 Å². The predicted molar refractivity (Wildman–Crippen MR) is 31.1 cm³/mol. The van der Waals surface area contributed by atoms with E-state index in [0.717, 1.165) is 0 Å². The van der Waals surface area contributed by atoms with Crippen LogP contribution in [-0.4, -0.2) is 30.1 Å². The SMILES string of the molecule is O=C[C@@H]1C[C@@H](CO)OC1=O. The number of carbonyl (C=O) groups excluding carboxylic acids is 2. The van der Waals surface area contributed by atoms with Gasteiger partial charge in [0.15, 0.2) is 0 Å². The molecule has 0 aromatic carbocycles. The van der Waals surface area contributed by atoms with Crippen molar-refractivity contribution in [1.29, 1.82) is 0 Å². The lowest BCUT2D eigenvalue weighted by atomic mass is 10.1. The molecule has 1 heterocycles. The van der Waals surface area contributed by atoms with Gasteiger partial charge in [0.05, 0.1) is 6.61 Å². The summed E-state index contributed by atoms with van der Waals surface area (Å²) < 4.78 is 4.59. The molecule has 4 nitrogen and oxygen atoms in total. The fourth-order valence-corrected chi connectivity index (χ4v) is 0.902. The normalized spacial score (nSPS) is 31.9. The van der Waals surface area contributed by atoms with Crippen molar-refractivity contribution >= 4 is 12.3 Å². The van der Waals surface area contributed by atoms with Gasteiger partial charge in [-0.25, -0.2) is 0 Å². The molecule has 56 valence electrons. The summed E-state index contributed by atoms with van der Waals surface area (Å²) in [6.45, 7) is -0.198. The van der Waals surface area contributed by atoms with E-state index in [1.165, 1.54) is 0 Å². The van der Waals surface area contributed by atoms with Crippen LogP contribution in [0.5, 0.6) is 0 Å². The molecule has 1 aliphatic rings. The Morgan fingerprint density at radius 2 is 2.50 bits per heavy atom. The number of hydrogen-bond acceptors (Lipinski definition) is 4. The van der Waals surface area contributed by atoms with E-state index in [0.29, 0.717) is 12.7 Å².